The Morgan fingerprint density at radius 1 is 1.50 bits per heavy atom. The van der Waals surface area contributed by atoms with Gasteiger partial charge in [0.05, 0.1) is 0 Å². The van der Waals surface area contributed by atoms with Gasteiger partial charge in [-0.15, -0.1) is 0 Å². The van der Waals surface area contributed by atoms with E-state index in [9.17, 15) is 5.11 Å². The first-order valence-corrected chi connectivity index (χ1v) is 4.38. The van der Waals surface area contributed by atoms with Crippen molar-refractivity contribution in [3.05, 3.63) is 23.5 Å². The van der Waals surface area contributed by atoms with Gasteiger partial charge in [-0.3, -0.25) is 0 Å². The number of rotatable bonds is 4. The van der Waals surface area contributed by atoms with E-state index in [1.165, 1.54) is 6.08 Å². The quantitative estimate of drug-likeness (QED) is 0.306. The highest BCUT2D eigenvalue weighted by atomic mass is 17.1. The molecule has 0 fully saturated rings. The van der Waals surface area contributed by atoms with Crippen molar-refractivity contribution in [2.24, 2.45) is 0 Å². The summed E-state index contributed by atoms with van der Waals surface area (Å²) in [5.74, 6) is -0.0484. The third-order valence-electron chi connectivity index (χ3n) is 2.12. The molecule has 0 saturated heterocycles. The lowest BCUT2D eigenvalue weighted by atomic mass is 9.97. The van der Waals surface area contributed by atoms with Gasteiger partial charge in [-0.25, -0.2) is 10.1 Å². The summed E-state index contributed by atoms with van der Waals surface area (Å²) in [6, 6.07) is 0. The van der Waals surface area contributed by atoms with Gasteiger partial charge in [-0.1, -0.05) is 11.6 Å². The lowest BCUT2D eigenvalue weighted by Crippen LogP contribution is -2.15. The summed E-state index contributed by atoms with van der Waals surface area (Å²) in [6.45, 7) is 0. The van der Waals surface area contributed by atoms with Gasteiger partial charge in [-0.05, 0) is 12.5 Å². The van der Waals surface area contributed by atoms with E-state index in [2.05, 4.69) is 4.89 Å². The maximum atomic E-state index is 9.27. The summed E-state index contributed by atoms with van der Waals surface area (Å²) in [6.07, 6.45) is 2.16. The minimum atomic E-state index is -1.20. The molecule has 0 aromatic rings. The lowest BCUT2D eigenvalue weighted by molar-refractivity contribution is -0.335. The minimum Gasteiger partial charge on any atom is -0.510 e. The van der Waals surface area contributed by atoms with Crippen LogP contribution in [0.15, 0.2) is 23.5 Å². The number of aliphatic hydroxyl groups is 3. The summed E-state index contributed by atoms with van der Waals surface area (Å²) in [4.78, 5) is 3.69. The molecule has 0 amide bonds. The second-order valence-corrected chi connectivity index (χ2v) is 3.24. The van der Waals surface area contributed by atoms with Gasteiger partial charge in [0.2, 0.25) is 0 Å². The first-order chi connectivity index (χ1) is 6.63. The largest absolute Gasteiger partial charge is 0.510 e. The minimum absolute atomic E-state index is 0.0484. The molecule has 1 aliphatic carbocycles. The van der Waals surface area contributed by atoms with E-state index in [4.69, 9.17) is 15.5 Å². The topological polar surface area (TPSA) is 90.2 Å². The molecular weight excluding hydrogens is 188 g/mol. The van der Waals surface area contributed by atoms with Crippen molar-refractivity contribution in [3.63, 3.8) is 0 Å². The summed E-state index contributed by atoms with van der Waals surface area (Å²) < 4.78 is 0. The molecule has 0 heterocycles. The zero-order valence-corrected chi connectivity index (χ0v) is 7.63. The van der Waals surface area contributed by atoms with Crippen LogP contribution in [0.2, 0.25) is 0 Å². The zero-order valence-electron chi connectivity index (χ0n) is 7.63. The summed E-state index contributed by atoms with van der Waals surface area (Å²) in [5.41, 5.74) is 0.895. The predicted octanol–water partition coefficient (Wildman–Crippen LogP) is 0.708. The number of hydrogen-bond acceptors (Lipinski definition) is 5. The van der Waals surface area contributed by atoms with Crippen LogP contribution in [-0.4, -0.2) is 33.0 Å². The monoisotopic (exact) mass is 202 g/mol. The van der Waals surface area contributed by atoms with Crippen molar-refractivity contribution in [1.29, 1.82) is 0 Å². The number of hydrogen-bond donors (Lipinski definition) is 4. The van der Waals surface area contributed by atoms with E-state index >= 15 is 0 Å². The molecule has 0 saturated carbocycles. The average Bonchev–Trinajstić information content (AvgIpc) is 2.19. The summed E-state index contributed by atoms with van der Waals surface area (Å²) in [7, 11) is 0. The van der Waals surface area contributed by atoms with Crippen molar-refractivity contribution in [2.75, 3.05) is 0 Å². The van der Waals surface area contributed by atoms with Crippen LogP contribution in [0.5, 0.6) is 0 Å². The second-order valence-electron chi connectivity index (χ2n) is 3.24. The van der Waals surface area contributed by atoms with Crippen LogP contribution in [0.25, 0.3) is 0 Å². The molecule has 5 nitrogen and oxygen atoms in total. The van der Waals surface area contributed by atoms with Gasteiger partial charge in [0.25, 0.3) is 0 Å². The molecule has 0 radical (unpaired) electrons. The van der Waals surface area contributed by atoms with Crippen molar-refractivity contribution < 1.29 is 25.5 Å². The van der Waals surface area contributed by atoms with Gasteiger partial charge >= 0.3 is 0 Å². The number of allylic oxidation sites excluding steroid dienone is 2. The molecule has 0 aliphatic heterocycles. The highest BCUT2D eigenvalue weighted by Gasteiger charge is 2.16. The molecule has 4 N–H and O–H groups in total. The van der Waals surface area contributed by atoms with E-state index in [0.717, 1.165) is 5.57 Å². The molecule has 5 heteroatoms. The molecule has 80 valence electrons. The highest BCUT2D eigenvalue weighted by Crippen LogP contribution is 2.21. The third kappa shape index (κ3) is 3.12. The van der Waals surface area contributed by atoms with Gasteiger partial charge in [0.15, 0.2) is 6.29 Å². The Hall–Kier alpha value is -0.880. The molecule has 14 heavy (non-hydrogen) atoms. The maximum Gasteiger partial charge on any atom is 0.188 e. The number of aliphatic hydroxyl groups excluding tert-OH is 3. The van der Waals surface area contributed by atoms with E-state index in [0.29, 0.717) is 12.8 Å². The molecule has 0 aromatic carbocycles. The summed E-state index contributed by atoms with van der Waals surface area (Å²) in [5, 5.41) is 35.3. The van der Waals surface area contributed by atoms with Crippen LogP contribution in [0, 0.1) is 0 Å². The first kappa shape index (κ1) is 11.2. The van der Waals surface area contributed by atoms with Crippen LogP contribution in [-0.2, 0) is 4.89 Å². The van der Waals surface area contributed by atoms with Gasteiger partial charge in [-0.2, -0.15) is 0 Å². The third-order valence-corrected chi connectivity index (χ3v) is 2.12. The van der Waals surface area contributed by atoms with E-state index in [1.54, 1.807) is 6.08 Å². The molecule has 0 spiro atoms. The van der Waals surface area contributed by atoms with Crippen molar-refractivity contribution in [1.82, 2.24) is 0 Å². The van der Waals surface area contributed by atoms with E-state index in [1.807, 2.05) is 0 Å². The fourth-order valence-corrected chi connectivity index (χ4v) is 1.28. The van der Waals surface area contributed by atoms with Crippen molar-refractivity contribution in [2.45, 2.75) is 31.7 Å². The maximum absolute atomic E-state index is 9.27. The Morgan fingerprint density at radius 2 is 2.21 bits per heavy atom. The van der Waals surface area contributed by atoms with Crippen molar-refractivity contribution in [3.8, 4) is 0 Å². The Labute approximate surface area is 81.5 Å². The second kappa shape index (κ2) is 5.11. The van der Waals surface area contributed by atoms with Crippen LogP contribution < -0.4 is 0 Å². The molecule has 0 bridgehead atoms. The normalized spacial score (nSPS) is 24.1. The Bertz CT molecular complexity index is 246. The molecule has 2 atom stereocenters. The Balaban J connectivity index is 2.40. The Kier molecular flexibility index (Phi) is 4.09. The van der Waals surface area contributed by atoms with E-state index < -0.39 is 12.4 Å². The van der Waals surface area contributed by atoms with Crippen molar-refractivity contribution >= 4 is 0 Å². The molecule has 0 aromatic heterocycles. The van der Waals surface area contributed by atoms with Gasteiger partial charge < -0.3 is 15.3 Å². The SMILES string of the molecule is OOC(O)CCC1=CC=C(O)C(O)C1. The molecule has 1 aliphatic rings. The van der Waals surface area contributed by atoms with E-state index in [-0.39, 0.29) is 12.2 Å². The molecular formula is C9H14O5. The summed E-state index contributed by atoms with van der Waals surface area (Å²) >= 11 is 0. The highest BCUT2D eigenvalue weighted by molar-refractivity contribution is 5.23. The van der Waals surface area contributed by atoms with Crippen LogP contribution in [0.1, 0.15) is 19.3 Å². The lowest BCUT2D eigenvalue weighted by Gasteiger charge is -2.17. The first-order valence-electron chi connectivity index (χ1n) is 4.38. The van der Waals surface area contributed by atoms with Crippen LogP contribution in [0.4, 0.5) is 0 Å². The average molecular weight is 202 g/mol. The van der Waals surface area contributed by atoms with Gasteiger partial charge in [0.1, 0.15) is 11.9 Å². The van der Waals surface area contributed by atoms with Gasteiger partial charge in [0, 0.05) is 12.8 Å². The Morgan fingerprint density at radius 3 is 2.79 bits per heavy atom. The smallest absolute Gasteiger partial charge is 0.188 e. The fraction of sp³-hybridized carbons (Fsp3) is 0.556. The molecule has 1 rings (SSSR count). The van der Waals surface area contributed by atoms with Crippen LogP contribution >= 0.6 is 0 Å². The predicted molar refractivity (Wildman–Crippen MR) is 48.4 cm³/mol. The zero-order chi connectivity index (χ0) is 10.6. The fourth-order valence-electron chi connectivity index (χ4n) is 1.28. The standard InChI is InChI=1S/C9H14O5/c10-7-3-1-6(5-8(7)11)2-4-9(12)14-13/h1,3,8-13H,2,4-5H2. The van der Waals surface area contributed by atoms with Crippen LogP contribution in [0.3, 0.4) is 0 Å². The molecule has 2 unspecified atom stereocenters.